The summed E-state index contributed by atoms with van der Waals surface area (Å²) in [4.78, 5) is 0. The van der Waals surface area contributed by atoms with E-state index in [2.05, 4.69) is 6.08 Å². The summed E-state index contributed by atoms with van der Waals surface area (Å²) in [5, 5.41) is 0. The molecule has 0 saturated carbocycles. The molecule has 0 bridgehead atoms. The summed E-state index contributed by atoms with van der Waals surface area (Å²) in [5.41, 5.74) is 22.1. The Morgan fingerprint density at radius 3 is 2.43 bits per heavy atom. The molecular formula is C9H15N4Zn-. The molecule has 0 aromatic rings. The van der Waals surface area contributed by atoms with Crippen LogP contribution in [-0.4, -0.2) is 10.3 Å². The zero-order valence-electron chi connectivity index (χ0n) is 8.33. The maximum absolute atomic E-state index is 5.77. The van der Waals surface area contributed by atoms with Gasteiger partial charge in [0.1, 0.15) is 0 Å². The molecule has 0 fully saturated rings. The summed E-state index contributed by atoms with van der Waals surface area (Å²) in [6, 6.07) is 0. The Morgan fingerprint density at radius 2 is 1.93 bits per heavy atom. The molecule has 0 amide bonds. The molecule has 0 radical (unpaired) electrons. The molecule has 0 aliphatic heterocycles. The third kappa shape index (κ3) is 5.07. The van der Waals surface area contributed by atoms with Crippen molar-refractivity contribution >= 4 is 4.73 Å². The summed E-state index contributed by atoms with van der Waals surface area (Å²) in [6.45, 7) is 1.83. The van der Waals surface area contributed by atoms with Gasteiger partial charge in [0.15, 0.2) is 0 Å². The van der Waals surface area contributed by atoms with Gasteiger partial charge >= 0.3 is 28.3 Å². The van der Waals surface area contributed by atoms with Crippen molar-refractivity contribution in [3.05, 3.63) is 35.7 Å². The molecule has 0 saturated heterocycles. The number of hydrogen-bond acceptors (Lipinski definition) is 4. The number of allylic oxidation sites excluding steroid dienone is 2. The van der Waals surface area contributed by atoms with Crippen LogP contribution in [0.15, 0.2) is 29.6 Å². The van der Waals surface area contributed by atoms with Crippen LogP contribution in [0.25, 0.3) is 0 Å². The van der Waals surface area contributed by atoms with Crippen LogP contribution in [0.1, 0.15) is 6.92 Å². The summed E-state index contributed by atoms with van der Waals surface area (Å²) in [7, 11) is 0. The van der Waals surface area contributed by atoms with Crippen molar-refractivity contribution in [2.45, 2.75) is 12.5 Å². The third-order valence-electron chi connectivity index (χ3n) is 1.43. The quantitative estimate of drug-likeness (QED) is 0.325. The molecule has 14 heavy (non-hydrogen) atoms. The molecule has 8 N–H and O–H groups in total. The normalized spacial score (nSPS) is 25.2. The molecular weight excluding hydrogens is 230 g/mol. The van der Waals surface area contributed by atoms with Gasteiger partial charge in [-0.05, 0) is 12.6 Å². The van der Waals surface area contributed by atoms with Gasteiger partial charge in [-0.25, -0.2) is 6.08 Å². The van der Waals surface area contributed by atoms with E-state index in [1.807, 2.05) is 6.92 Å². The van der Waals surface area contributed by atoms with Gasteiger partial charge in [0.25, 0.3) is 0 Å². The van der Waals surface area contributed by atoms with Gasteiger partial charge in [0.05, 0.1) is 0 Å². The van der Waals surface area contributed by atoms with E-state index in [1.54, 1.807) is 23.0 Å². The summed E-state index contributed by atoms with van der Waals surface area (Å²) >= 11 is 1.10. The zero-order valence-corrected chi connectivity index (χ0v) is 11.3. The summed E-state index contributed by atoms with van der Waals surface area (Å²) in [6.07, 6.45) is 7.89. The van der Waals surface area contributed by atoms with Gasteiger partial charge in [-0.1, -0.05) is 11.8 Å². The van der Waals surface area contributed by atoms with Crippen molar-refractivity contribution in [2.75, 3.05) is 0 Å². The topological polar surface area (TPSA) is 104 Å². The Labute approximate surface area is 93.9 Å². The number of rotatable bonds is 0. The van der Waals surface area contributed by atoms with Gasteiger partial charge in [0.2, 0.25) is 0 Å². The van der Waals surface area contributed by atoms with Crippen LogP contribution in [0.3, 0.4) is 0 Å². The number of nitrogens with two attached hydrogens (primary N) is 4. The second kappa shape index (κ2) is 5.86. The Hall–Kier alpha value is -0.767. The molecule has 5 heteroatoms. The van der Waals surface area contributed by atoms with E-state index in [-0.39, 0.29) is 0 Å². The maximum atomic E-state index is 5.77. The van der Waals surface area contributed by atoms with Gasteiger partial charge in [-0.15, -0.1) is 0 Å². The molecule has 0 heterocycles. The minimum atomic E-state index is -0.540. The monoisotopic (exact) mass is 243 g/mol. The first-order valence-electron chi connectivity index (χ1n) is 4.09. The predicted molar refractivity (Wildman–Crippen MR) is 55.2 cm³/mol. The minimum absolute atomic E-state index is 0.510. The molecule has 0 aromatic carbocycles. The Kier molecular flexibility index (Phi) is 5.54. The van der Waals surface area contributed by atoms with E-state index in [0.29, 0.717) is 11.4 Å². The molecule has 1 atom stereocenters. The summed E-state index contributed by atoms with van der Waals surface area (Å²) in [5.74, 6) is 0. The van der Waals surface area contributed by atoms with Crippen molar-refractivity contribution in [1.82, 2.24) is 0 Å². The van der Waals surface area contributed by atoms with Crippen molar-refractivity contribution in [3.63, 3.8) is 0 Å². The van der Waals surface area contributed by atoms with Crippen LogP contribution < -0.4 is 22.9 Å². The van der Waals surface area contributed by atoms with E-state index in [1.165, 1.54) is 0 Å². The number of hydrogen-bond donors (Lipinski definition) is 4. The first kappa shape index (κ1) is 13.2. The molecule has 4 nitrogen and oxygen atoms in total. The Bertz CT molecular complexity index is 289. The van der Waals surface area contributed by atoms with Gasteiger partial charge < -0.3 is 17.2 Å². The second-order valence-electron chi connectivity index (χ2n) is 3.11. The van der Waals surface area contributed by atoms with Crippen LogP contribution in [0.2, 0.25) is 0 Å². The van der Waals surface area contributed by atoms with Gasteiger partial charge in [-0.2, -0.15) is 6.08 Å². The average Bonchev–Trinajstić information content (AvgIpc) is 2.13. The molecule has 1 aliphatic carbocycles. The van der Waals surface area contributed by atoms with Crippen molar-refractivity contribution < 1.29 is 17.9 Å². The van der Waals surface area contributed by atoms with Crippen LogP contribution >= 0.6 is 0 Å². The first-order chi connectivity index (χ1) is 6.43. The van der Waals surface area contributed by atoms with Crippen LogP contribution in [0, 0.1) is 6.08 Å². The summed E-state index contributed by atoms with van der Waals surface area (Å²) < 4.78 is 1.62. The van der Waals surface area contributed by atoms with Crippen LogP contribution in [0.5, 0.6) is 0 Å². The van der Waals surface area contributed by atoms with Gasteiger partial charge in [-0.3, -0.25) is 6.08 Å². The van der Waals surface area contributed by atoms with Crippen LogP contribution in [0.4, 0.5) is 0 Å². The standard InChI is InChI=1S/C8H12N3.CH3N.Zn/c1-8(11)4-2-3-6(9)7(10)5-8;1-2;/h3-5H,9-11H2,1H3;1H,2H2;/q-1;;. The molecule has 0 spiro atoms. The second-order valence-corrected chi connectivity index (χ2v) is 4.10. The SMILES string of the molecule is CC1(N)C=[C-]C=C(N)C(N)=C1.N[CH]=[Zn]. The van der Waals surface area contributed by atoms with Crippen molar-refractivity contribution in [2.24, 2.45) is 22.9 Å². The molecule has 1 rings (SSSR count). The first-order valence-corrected chi connectivity index (χ1v) is 5.80. The van der Waals surface area contributed by atoms with Crippen molar-refractivity contribution in [3.8, 4) is 0 Å². The zero-order chi connectivity index (χ0) is 11.2. The van der Waals surface area contributed by atoms with Crippen LogP contribution in [-0.2, 0) is 17.9 Å². The molecule has 0 aromatic heterocycles. The van der Waals surface area contributed by atoms with Crippen molar-refractivity contribution in [1.29, 1.82) is 0 Å². The van der Waals surface area contributed by atoms with E-state index in [4.69, 9.17) is 22.9 Å². The Morgan fingerprint density at radius 1 is 1.43 bits per heavy atom. The van der Waals surface area contributed by atoms with E-state index in [0.717, 1.165) is 17.9 Å². The third-order valence-corrected chi connectivity index (χ3v) is 1.43. The average molecular weight is 245 g/mol. The molecule has 1 unspecified atom stereocenters. The van der Waals surface area contributed by atoms with E-state index >= 15 is 0 Å². The fourth-order valence-corrected chi connectivity index (χ4v) is 0.854. The molecule has 74 valence electrons. The fraction of sp³-hybridized carbons (Fsp3) is 0.222. The fourth-order valence-electron chi connectivity index (χ4n) is 0.854. The molecule has 1 aliphatic rings. The van der Waals surface area contributed by atoms with E-state index in [9.17, 15) is 0 Å². The van der Waals surface area contributed by atoms with E-state index < -0.39 is 5.54 Å². The predicted octanol–water partition coefficient (Wildman–Crippen LogP) is -0.986. The Balaban J connectivity index is 0.000000500. The van der Waals surface area contributed by atoms with Gasteiger partial charge in [0, 0.05) is 5.54 Å².